The van der Waals surface area contributed by atoms with Gasteiger partial charge in [0.05, 0.1) is 17.1 Å². The van der Waals surface area contributed by atoms with Crippen LogP contribution in [0.4, 0.5) is 11.4 Å². The molecule has 3 heteroatoms. The molecule has 57 heavy (non-hydrogen) atoms. The first-order chi connectivity index (χ1) is 28.3. The lowest BCUT2D eigenvalue weighted by Gasteiger charge is -2.30. The molecular weight excluding hydrogens is 693 g/mol. The highest BCUT2D eigenvalue weighted by Gasteiger charge is 2.38. The molecule has 0 saturated carbocycles. The fourth-order valence-electron chi connectivity index (χ4n) is 9.53. The molecule has 2 atom stereocenters. The Balaban J connectivity index is 0.943. The maximum Gasteiger partial charge on any atom is 0.136 e. The van der Waals surface area contributed by atoms with E-state index in [-0.39, 0.29) is 12.0 Å². The summed E-state index contributed by atoms with van der Waals surface area (Å²) in [5.74, 6) is 0.240. The van der Waals surface area contributed by atoms with Crippen LogP contribution < -0.4 is 4.90 Å². The number of anilines is 2. The van der Waals surface area contributed by atoms with E-state index in [0.29, 0.717) is 0 Å². The summed E-state index contributed by atoms with van der Waals surface area (Å²) >= 11 is 0. The summed E-state index contributed by atoms with van der Waals surface area (Å²) in [5, 5.41) is 4.75. The minimum Gasteiger partial charge on any atom is -0.456 e. The van der Waals surface area contributed by atoms with E-state index in [1.54, 1.807) is 0 Å². The van der Waals surface area contributed by atoms with Crippen LogP contribution in [0, 0.1) is 0 Å². The molecule has 3 nitrogen and oxygen atoms in total. The molecule has 0 saturated heterocycles. The summed E-state index contributed by atoms with van der Waals surface area (Å²) in [6.45, 7) is 0. The van der Waals surface area contributed by atoms with Gasteiger partial charge in [-0.1, -0.05) is 146 Å². The van der Waals surface area contributed by atoms with Gasteiger partial charge >= 0.3 is 0 Å². The molecule has 8 aromatic carbocycles. The van der Waals surface area contributed by atoms with Crippen molar-refractivity contribution >= 4 is 60.7 Å². The van der Waals surface area contributed by atoms with Gasteiger partial charge < -0.3 is 13.9 Å². The van der Waals surface area contributed by atoms with Gasteiger partial charge in [-0.15, -0.1) is 0 Å². The molecule has 1 aliphatic heterocycles. The van der Waals surface area contributed by atoms with Crippen molar-refractivity contribution in [2.45, 2.75) is 12.0 Å². The summed E-state index contributed by atoms with van der Waals surface area (Å²) in [6, 6.07) is 68.1. The first kappa shape index (κ1) is 31.9. The lowest BCUT2D eigenvalue weighted by molar-refractivity contribution is 0.669. The maximum absolute atomic E-state index is 6.42. The van der Waals surface area contributed by atoms with Crippen LogP contribution in [0.25, 0.3) is 77.3 Å². The highest BCUT2D eigenvalue weighted by Crippen LogP contribution is 2.49. The highest BCUT2D eigenvalue weighted by atomic mass is 16.3. The van der Waals surface area contributed by atoms with E-state index < -0.39 is 0 Å². The van der Waals surface area contributed by atoms with Crippen molar-refractivity contribution in [1.82, 2.24) is 4.57 Å². The van der Waals surface area contributed by atoms with E-state index in [1.807, 2.05) is 0 Å². The second-order valence-corrected chi connectivity index (χ2v) is 15.3. The van der Waals surface area contributed by atoms with Gasteiger partial charge in [0.15, 0.2) is 0 Å². The standard InChI is InChI=1S/C54H36N2O/c1-3-12-35(13-4-1)36-22-26-40(27-23-36)55-48-19-9-7-16-43(48)45-32-38(24-29-50(45)55)39-25-30-51-46(33-39)44-17-8-10-20-49(44)56(51)41-28-31-52-47(34-41)54-42(18-11-21-53(54)57-52)37-14-5-2-6-15-37/h1-34,45,50H. The van der Waals surface area contributed by atoms with Crippen LogP contribution in [0.3, 0.4) is 0 Å². The Bertz CT molecular complexity index is 3240. The predicted octanol–water partition coefficient (Wildman–Crippen LogP) is 14.3. The largest absolute Gasteiger partial charge is 0.456 e. The molecule has 2 aliphatic rings. The van der Waals surface area contributed by atoms with Crippen molar-refractivity contribution < 1.29 is 4.42 Å². The minimum absolute atomic E-state index is 0.204. The molecular formula is C54H36N2O. The zero-order valence-electron chi connectivity index (χ0n) is 31.1. The summed E-state index contributed by atoms with van der Waals surface area (Å²) in [4.78, 5) is 2.51. The van der Waals surface area contributed by atoms with Crippen LogP contribution in [-0.4, -0.2) is 10.6 Å². The van der Waals surface area contributed by atoms with Crippen molar-refractivity contribution in [2.75, 3.05) is 4.90 Å². The molecule has 1 aliphatic carbocycles. The molecule has 0 bridgehead atoms. The van der Waals surface area contributed by atoms with E-state index in [9.17, 15) is 0 Å². The van der Waals surface area contributed by atoms with Gasteiger partial charge in [0, 0.05) is 44.5 Å². The van der Waals surface area contributed by atoms with Gasteiger partial charge in [0.1, 0.15) is 11.2 Å². The van der Waals surface area contributed by atoms with E-state index in [1.165, 1.54) is 72.1 Å². The van der Waals surface area contributed by atoms with Crippen molar-refractivity contribution in [3.8, 4) is 27.9 Å². The average Bonchev–Trinajstić information content (AvgIpc) is 3.94. The van der Waals surface area contributed by atoms with Gasteiger partial charge in [-0.05, 0) is 99.6 Å². The number of hydrogen-bond acceptors (Lipinski definition) is 2. The lowest BCUT2D eigenvalue weighted by Crippen LogP contribution is -2.28. The second-order valence-electron chi connectivity index (χ2n) is 15.3. The fourth-order valence-corrected chi connectivity index (χ4v) is 9.53. The SMILES string of the molecule is C1=CC2C(C=C1c1ccc3c(c1)c1ccccc1n3-c1ccc3oc4cccc(-c5ccccc5)c4c3c1)c1ccccc1N2c1ccc(-c2ccccc2)cc1. The number of fused-ring (bicyclic) bond motifs is 9. The Labute approximate surface area is 330 Å². The number of rotatable bonds is 5. The minimum atomic E-state index is 0.204. The summed E-state index contributed by atoms with van der Waals surface area (Å²) < 4.78 is 8.83. The Hall–Kier alpha value is -7.36. The molecule has 0 spiro atoms. The fraction of sp³-hybridized carbons (Fsp3) is 0.0370. The third kappa shape index (κ3) is 4.99. The summed E-state index contributed by atoms with van der Waals surface area (Å²) in [7, 11) is 0. The van der Waals surface area contributed by atoms with Crippen LogP contribution >= 0.6 is 0 Å². The monoisotopic (exact) mass is 728 g/mol. The van der Waals surface area contributed by atoms with Crippen LogP contribution in [0.15, 0.2) is 211 Å². The predicted molar refractivity (Wildman–Crippen MR) is 238 cm³/mol. The number of allylic oxidation sites excluding steroid dienone is 2. The van der Waals surface area contributed by atoms with E-state index in [4.69, 9.17) is 4.42 Å². The van der Waals surface area contributed by atoms with Crippen LogP contribution in [0.2, 0.25) is 0 Å². The van der Waals surface area contributed by atoms with E-state index in [0.717, 1.165) is 27.6 Å². The molecule has 0 N–H and O–H groups in total. The lowest BCUT2D eigenvalue weighted by atomic mass is 9.86. The maximum atomic E-state index is 6.42. The first-order valence-corrected chi connectivity index (χ1v) is 19.8. The van der Waals surface area contributed by atoms with Gasteiger partial charge in [-0.2, -0.15) is 0 Å². The molecule has 2 unspecified atom stereocenters. The average molecular weight is 729 g/mol. The van der Waals surface area contributed by atoms with Gasteiger partial charge in [-0.25, -0.2) is 0 Å². The number of furan rings is 1. The van der Waals surface area contributed by atoms with Crippen LogP contribution in [0.1, 0.15) is 17.0 Å². The number of para-hydroxylation sites is 2. The molecule has 10 aromatic rings. The van der Waals surface area contributed by atoms with Crippen LogP contribution in [0.5, 0.6) is 0 Å². The number of nitrogens with zero attached hydrogens (tertiary/aromatic N) is 2. The van der Waals surface area contributed by atoms with Crippen molar-refractivity contribution in [3.63, 3.8) is 0 Å². The zero-order valence-corrected chi connectivity index (χ0v) is 31.1. The van der Waals surface area contributed by atoms with E-state index in [2.05, 4.69) is 216 Å². The third-order valence-electron chi connectivity index (χ3n) is 12.1. The number of benzene rings is 8. The van der Waals surface area contributed by atoms with Crippen molar-refractivity contribution in [3.05, 3.63) is 217 Å². The summed E-state index contributed by atoms with van der Waals surface area (Å²) in [6.07, 6.45) is 7.23. The van der Waals surface area contributed by atoms with E-state index >= 15 is 0 Å². The van der Waals surface area contributed by atoms with Gasteiger partial charge in [0.25, 0.3) is 0 Å². The quantitative estimate of drug-likeness (QED) is 0.176. The van der Waals surface area contributed by atoms with Crippen LogP contribution in [-0.2, 0) is 0 Å². The Morgan fingerprint density at radius 1 is 0.456 bits per heavy atom. The third-order valence-corrected chi connectivity index (χ3v) is 12.1. The Morgan fingerprint density at radius 3 is 2.02 bits per heavy atom. The van der Waals surface area contributed by atoms with Crippen molar-refractivity contribution in [2.24, 2.45) is 0 Å². The molecule has 0 fully saturated rings. The van der Waals surface area contributed by atoms with Gasteiger partial charge in [0.2, 0.25) is 0 Å². The number of hydrogen-bond donors (Lipinski definition) is 0. The molecule has 3 heterocycles. The zero-order chi connectivity index (χ0) is 37.5. The smallest absolute Gasteiger partial charge is 0.136 e. The Kier molecular flexibility index (Phi) is 7.05. The molecule has 0 radical (unpaired) electrons. The number of aromatic nitrogens is 1. The normalized spacial score (nSPS) is 16.1. The molecule has 0 amide bonds. The molecule has 12 rings (SSSR count). The topological polar surface area (TPSA) is 21.3 Å². The summed E-state index contributed by atoms with van der Waals surface area (Å²) in [5.41, 5.74) is 16.5. The molecule has 268 valence electrons. The van der Waals surface area contributed by atoms with Crippen molar-refractivity contribution in [1.29, 1.82) is 0 Å². The first-order valence-electron chi connectivity index (χ1n) is 19.8. The van der Waals surface area contributed by atoms with Gasteiger partial charge in [-0.3, -0.25) is 0 Å². The molecule has 2 aromatic heterocycles. The second kappa shape index (κ2) is 12.6. The highest BCUT2D eigenvalue weighted by molar-refractivity contribution is 6.14. The Morgan fingerprint density at radius 2 is 1.16 bits per heavy atom.